The second-order valence-electron chi connectivity index (χ2n) is 6.33. The van der Waals surface area contributed by atoms with Crippen LogP contribution < -0.4 is 5.32 Å². The van der Waals surface area contributed by atoms with Crippen LogP contribution in [0.15, 0.2) is 46.9 Å². The summed E-state index contributed by atoms with van der Waals surface area (Å²) in [7, 11) is 0. The molecule has 1 aromatic carbocycles. The molecule has 0 spiro atoms. The van der Waals surface area contributed by atoms with Crippen molar-refractivity contribution in [3.05, 3.63) is 53.8 Å². The van der Waals surface area contributed by atoms with Crippen molar-refractivity contribution in [2.75, 3.05) is 13.2 Å². The molecule has 3 aromatic rings. The minimum Gasteiger partial charge on any atom is -0.460 e. The molecule has 25 heavy (non-hydrogen) atoms. The maximum absolute atomic E-state index is 12.8. The molecule has 5 nitrogen and oxygen atoms in total. The Labute approximate surface area is 146 Å². The summed E-state index contributed by atoms with van der Waals surface area (Å²) in [5.74, 6) is 1.37. The number of pyridine rings is 1. The third-order valence-corrected chi connectivity index (χ3v) is 4.47. The van der Waals surface area contributed by atoms with E-state index in [0.29, 0.717) is 23.6 Å². The van der Waals surface area contributed by atoms with Gasteiger partial charge in [-0.25, -0.2) is 4.98 Å². The van der Waals surface area contributed by atoms with Gasteiger partial charge in [0, 0.05) is 18.5 Å². The van der Waals surface area contributed by atoms with Gasteiger partial charge in [-0.1, -0.05) is 18.2 Å². The topological polar surface area (TPSA) is 64.4 Å². The molecule has 2 aromatic heterocycles. The van der Waals surface area contributed by atoms with Gasteiger partial charge in [0.05, 0.1) is 17.2 Å². The van der Waals surface area contributed by atoms with Gasteiger partial charge in [0.25, 0.3) is 5.91 Å². The van der Waals surface area contributed by atoms with Crippen molar-refractivity contribution in [3.63, 3.8) is 0 Å². The Balaban J connectivity index is 1.69. The number of hydrogen-bond acceptors (Lipinski definition) is 4. The summed E-state index contributed by atoms with van der Waals surface area (Å²) >= 11 is 0. The van der Waals surface area contributed by atoms with Gasteiger partial charge in [-0.3, -0.25) is 4.79 Å². The van der Waals surface area contributed by atoms with Crippen LogP contribution in [-0.4, -0.2) is 30.1 Å². The molecule has 1 aliphatic rings. The Morgan fingerprint density at radius 1 is 1.28 bits per heavy atom. The van der Waals surface area contributed by atoms with E-state index >= 15 is 0 Å². The molecule has 4 rings (SSSR count). The van der Waals surface area contributed by atoms with Gasteiger partial charge in [0.15, 0.2) is 5.76 Å². The van der Waals surface area contributed by atoms with E-state index in [1.807, 2.05) is 43.3 Å². The minimum absolute atomic E-state index is 0.112. The van der Waals surface area contributed by atoms with Gasteiger partial charge in [-0.15, -0.1) is 0 Å². The third-order valence-electron chi connectivity index (χ3n) is 4.47. The number of carbonyl (C=O) groups is 1. The lowest BCUT2D eigenvalue weighted by Gasteiger charge is -2.12. The zero-order valence-corrected chi connectivity index (χ0v) is 14.1. The molecule has 1 amide bonds. The normalized spacial score (nSPS) is 17.1. The lowest BCUT2D eigenvalue weighted by Crippen LogP contribution is -2.31. The van der Waals surface area contributed by atoms with E-state index in [4.69, 9.17) is 9.15 Å². The van der Waals surface area contributed by atoms with E-state index in [2.05, 4.69) is 10.3 Å². The van der Waals surface area contributed by atoms with E-state index in [-0.39, 0.29) is 12.0 Å². The summed E-state index contributed by atoms with van der Waals surface area (Å²) in [4.78, 5) is 17.4. The summed E-state index contributed by atoms with van der Waals surface area (Å²) in [5, 5.41) is 3.83. The first kappa shape index (κ1) is 15.8. The van der Waals surface area contributed by atoms with Crippen LogP contribution in [0.3, 0.4) is 0 Å². The molecule has 1 aliphatic heterocycles. The molecule has 1 atom stereocenters. The second kappa shape index (κ2) is 6.69. The molecular formula is C20H20N2O3. The van der Waals surface area contributed by atoms with Gasteiger partial charge in [0.1, 0.15) is 11.5 Å². The van der Waals surface area contributed by atoms with Crippen LogP contribution in [0.4, 0.5) is 0 Å². The van der Waals surface area contributed by atoms with Crippen molar-refractivity contribution < 1.29 is 13.9 Å². The van der Waals surface area contributed by atoms with E-state index in [9.17, 15) is 4.79 Å². The van der Waals surface area contributed by atoms with Crippen molar-refractivity contribution in [1.82, 2.24) is 10.3 Å². The number of benzene rings is 1. The number of fused-ring (bicyclic) bond motifs is 1. The van der Waals surface area contributed by atoms with Gasteiger partial charge in [-0.2, -0.15) is 0 Å². The Kier molecular flexibility index (Phi) is 4.24. The fourth-order valence-corrected chi connectivity index (χ4v) is 3.17. The standard InChI is InChI=1S/C20H20N2O3/c1-13-8-9-19(25-13)18-11-16(15-6-2-3-7-17(15)22-18)20(23)21-12-14-5-4-10-24-14/h2-3,6-9,11,14H,4-5,10,12H2,1H3,(H,21,23). The third kappa shape index (κ3) is 3.28. The van der Waals surface area contributed by atoms with E-state index in [0.717, 1.165) is 36.1 Å². The predicted molar refractivity (Wildman–Crippen MR) is 95.5 cm³/mol. The molecule has 1 saturated heterocycles. The molecule has 0 saturated carbocycles. The second-order valence-corrected chi connectivity index (χ2v) is 6.33. The quantitative estimate of drug-likeness (QED) is 0.789. The Hall–Kier alpha value is -2.66. The fraction of sp³-hybridized carbons (Fsp3) is 0.300. The minimum atomic E-state index is -0.112. The molecule has 1 N–H and O–H groups in total. The monoisotopic (exact) mass is 336 g/mol. The van der Waals surface area contributed by atoms with Crippen LogP contribution in [0.2, 0.25) is 0 Å². The highest BCUT2D eigenvalue weighted by molar-refractivity contribution is 6.07. The van der Waals surface area contributed by atoms with Crippen LogP contribution in [0.5, 0.6) is 0 Å². The molecule has 128 valence electrons. The van der Waals surface area contributed by atoms with E-state index < -0.39 is 0 Å². The van der Waals surface area contributed by atoms with Gasteiger partial charge in [0.2, 0.25) is 0 Å². The van der Waals surface area contributed by atoms with Gasteiger partial charge in [-0.05, 0) is 44.0 Å². The van der Waals surface area contributed by atoms with Crippen molar-refractivity contribution in [2.45, 2.75) is 25.9 Å². The van der Waals surface area contributed by atoms with Crippen LogP contribution in [0.25, 0.3) is 22.4 Å². The largest absolute Gasteiger partial charge is 0.460 e. The Bertz CT molecular complexity index is 910. The van der Waals surface area contributed by atoms with Crippen molar-refractivity contribution in [2.24, 2.45) is 0 Å². The summed E-state index contributed by atoms with van der Waals surface area (Å²) in [6.45, 7) is 3.20. The number of hydrogen-bond donors (Lipinski definition) is 1. The lowest BCUT2D eigenvalue weighted by atomic mass is 10.1. The number of aromatic nitrogens is 1. The highest BCUT2D eigenvalue weighted by atomic mass is 16.5. The molecule has 1 unspecified atom stereocenters. The first-order valence-electron chi connectivity index (χ1n) is 8.57. The number of rotatable bonds is 4. The number of carbonyl (C=O) groups excluding carboxylic acids is 1. The smallest absolute Gasteiger partial charge is 0.252 e. The average molecular weight is 336 g/mol. The zero-order valence-electron chi connectivity index (χ0n) is 14.1. The number of aryl methyl sites for hydroxylation is 1. The maximum atomic E-state index is 12.8. The molecule has 0 radical (unpaired) electrons. The lowest BCUT2D eigenvalue weighted by molar-refractivity contribution is 0.0859. The molecule has 0 aliphatic carbocycles. The molecule has 3 heterocycles. The van der Waals surface area contributed by atoms with Crippen LogP contribution in [0, 0.1) is 6.92 Å². The molecule has 5 heteroatoms. The van der Waals surface area contributed by atoms with Crippen LogP contribution >= 0.6 is 0 Å². The maximum Gasteiger partial charge on any atom is 0.252 e. The van der Waals surface area contributed by atoms with Gasteiger partial charge >= 0.3 is 0 Å². The number of ether oxygens (including phenoxy) is 1. The summed E-state index contributed by atoms with van der Waals surface area (Å²) in [5.41, 5.74) is 2.04. The van der Waals surface area contributed by atoms with E-state index in [1.165, 1.54) is 0 Å². The Morgan fingerprint density at radius 2 is 2.16 bits per heavy atom. The predicted octanol–water partition coefficient (Wildman–Crippen LogP) is 3.71. The first-order chi connectivity index (χ1) is 12.2. The average Bonchev–Trinajstić information content (AvgIpc) is 3.30. The summed E-state index contributed by atoms with van der Waals surface area (Å²) < 4.78 is 11.3. The number of para-hydroxylation sites is 1. The number of amides is 1. The Morgan fingerprint density at radius 3 is 2.92 bits per heavy atom. The van der Waals surface area contributed by atoms with Crippen molar-refractivity contribution in [1.29, 1.82) is 0 Å². The molecular weight excluding hydrogens is 316 g/mol. The SMILES string of the molecule is Cc1ccc(-c2cc(C(=O)NCC3CCCO3)c3ccccc3n2)o1. The van der Waals surface area contributed by atoms with Gasteiger partial charge < -0.3 is 14.5 Å². The first-order valence-corrected chi connectivity index (χ1v) is 8.57. The highest BCUT2D eigenvalue weighted by Crippen LogP contribution is 2.26. The van der Waals surface area contributed by atoms with Crippen molar-refractivity contribution in [3.8, 4) is 11.5 Å². The van der Waals surface area contributed by atoms with Crippen LogP contribution in [0.1, 0.15) is 29.0 Å². The van der Waals surface area contributed by atoms with Crippen molar-refractivity contribution >= 4 is 16.8 Å². The number of furan rings is 1. The number of nitrogens with zero attached hydrogens (tertiary/aromatic N) is 1. The molecule has 0 bridgehead atoms. The fourth-order valence-electron chi connectivity index (χ4n) is 3.17. The zero-order chi connectivity index (χ0) is 17.2. The highest BCUT2D eigenvalue weighted by Gasteiger charge is 2.19. The summed E-state index contributed by atoms with van der Waals surface area (Å²) in [6, 6.07) is 13.2. The summed E-state index contributed by atoms with van der Waals surface area (Å²) in [6.07, 6.45) is 2.17. The van der Waals surface area contributed by atoms with Crippen LogP contribution in [-0.2, 0) is 4.74 Å². The number of nitrogens with one attached hydrogen (secondary N) is 1. The molecule has 1 fully saturated rings. The van der Waals surface area contributed by atoms with E-state index in [1.54, 1.807) is 6.07 Å².